The van der Waals surface area contributed by atoms with Crippen molar-refractivity contribution in [3.8, 4) is 0 Å². The summed E-state index contributed by atoms with van der Waals surface area (Å²) < 4.78 is 0. The van der Waals surface area contributed by atoms with E-state index in [0.717, 1.165) is 41.4 Å². The molecule has 4 saturated carbocycles. The van der Waals surface area contributed by atoms with Gasteiger partial charge >= 0.3 is 0 Å². The van der Waals surface area contributed by atoms with E-state index < -0.39 is 0 Å². The van der Waals surface area contributed by atoms with Crippen LogP contribution in [0.25, 0.3) is 0 Å². The molecule has 0 unspecified atom stereocenters. The Morgan fingerprint density at radius 2 is 1.79 bits per heavy atom. The highest BCUT2D eigenvalue weighted by atomic mass is 16.6. The Bertz CT molecular complexity index is 628. The van der Waals surface area contributed by atoms with Crippen LogP contribution in [0.1, 0.15) is 105 Å². The van der Waals surface area contributed by atoms with Crippen LogP contribution in [0.4, 0.5) is 0 Å². The van der Waals surface area contributed by atoms with Gasteiger partial charge in [-0.05, 0) is 105 Å². The predicted molar refractivity (Wildman–Crippen MR) is 121 cm³/mol. The molecule has 5 aliphatic rings. The standard InChI is InChI=1S/C27H45NO/c1-18(2)6-5-7-19(3)23-12-13-24-22-11-9-20-8-10-21-16-27(20,17-28-29-21)25(22)14-15-26(23,24)4/h17-25H,5-16H2,1-4H3/t19-,20-,21+,22-,23+,24-,25-,26-,27+/m1/s1. The molecule has 9 atom stereocenters. The molecule has 4 fully saturated rings. The molecule has 29 heavy (non-hydrogen) atoms. The van der Waals surface area contributed by atoms with Crippen molar-refractivity contribution >= 4 is 6.21 Å². The molecule has 0 radical (unpaired) electrons. The predicted octanol–water partition coefficient (Wildman–Crippen LogP) is 7.47. The molecule has 2 heteroatoms. The third kappa shape index (κ3) is 3.21. The maximum Gasteiger partial charge on any atom is 0.128 e. The van der Waals surface area contributed by atoms with Crippen molar-refractivity contribution in [3.05, 3.63) is 0 Å². The van der Waals surface area contributed by atoms with Gasteiger partial charge in [0.25, 0.3) is 0 Å². The molecule has 0 N–H and O–H groups in total. The smallest absolute Gasteiger partial charge is 0.128 e. The van der Waals surface area contributed by atoms with Gasteiger partial charge in [-0.2, -0.15) is 0 Å². The van der Waals surface area contributed by atoms with E-state index in [4.69, 9.17) is 4.84 Å². The Labute approximate surface area is 179 Å². The van der Waals surface area contributed by atoms with Gasteiger partial charge in [-0.3, -0.25) is 0 Å². The zero-order valence-electron chi connectivity index (χ0n) is 19.5. The van der Waals surface area contributed by atoms with Gasteiger partial charge < -0.3 is 4.84 Å². The summed E-state index contributed by atoms with van der Waals surface area (Å²) in [7, 11) is 0. The lowest BCUT2D eigenvalue weighted by molar-refractivity contribution is -0.129. The zero-order chi connectivity index (χ0) is 20.2. The van der Waals surface area contributed by atoms with Crippen molar-refractivity contribution in [2.45, 2.75) is 111 Å². The maximum atomic E-state index is 5.75. The highest BCUT2D eigenvalue weighted by Gasteiger charge is 2.62. The van der Waals surface area contributed by atoms with Crippen molar-refractivity contribution in [3.63, 3.8) is 0 Å². The van der Waals surface area contributed by atoms with E-state index in [1.807, 2.05) is 0 Å². The second-order valence-electron chi connectivity index (χ2n) is 12.5. The van der Waals surface area contributed by atoms with Crippen LogP contribution < -0.4 is 0 Å². The number of hydrogen-bond acceptors (Lipinski definition) is 2. The van der Waals surface area contributed by atoms with Gasteiger partial charge in [0.05, 0.1) is 6.21 Å². The largest absolute Gasteiger partial charge is 0.393 e. The van der Waals surface area contributed by atoms with Crippen LogP contribution in [0, 0.1) is 52.3 Å². The average molecular weight is 400 g/mol. The molecular formula is C27H45NO. The normalized spacial score (nSPS) is 49.1. The van der Waals surface area contributed by atoms with Crippen LogP contribution in [0.15, 0.2) is 5.16 Å². The Hall–Kier alpha value is -0.530. The summed E-state index contributed by atoms with van der Waals surface area (Å²) in [5.74, 6) is 6.47. The van der Waals surface area contributed by atoms with E-state index in [2.05, 4.69) is 39.1 Å². The van der Waals surface area contributed by atoms with Crippen LogP contribution in [0.2, 0.25) is 0 Å². The molecule has 0 aromatic heterocycles. The fourth-order valence-corrected chi connectivity index (χ4v) is 9.52. The Morgan fingerprint density at radius 1 is 0.966 bits per heavy atom. The van der Waals surface area contributed by atoms with Gasteiger partial charge in [-0.1, -0.05) is 52.1 Å². The van der Waals surface area contributed by atoms with Crippen molar-refractivity contribution in [2.75, 3.05) is 0 Å². The minimum Gasteiger partial charge on any atom is -0.393 e. The third-order valence-electron chi connectivity index (χ3n) is 10.9. The fourth-order valence-electron chi connectivity index (χ4n) is 9.52. The van der Waals surface area contributed by atoms with Gasteiger partial charge in [-0.25, -0.2) is 0 Å². The SMILES string of the molecule is CC(C)CCC[C@@H](C)[C@@H]1CC[C@@H]2[C@H]3CC[C@H]4CC[C@H]5C[C@@]4(C=NO5)[C@@H]3CC[C@@]21C. The van der Waals surface area contributed by atoms with Gasteiger partial charge in [0, 0.05) is 5.41 Å². The van der Waals surface area contributed by atoms with E-state index in [-0.39, 0.29) is 0 Å². The number of nitrogens with zero attached hydrogens (tertiary/aromatic N) is 1. The maximum absolute atomic E-state index is 5.75. The minimum absolute atomic E-state index is 0.395. The molecule has 1 spiro atoms. The highest BCUT2D eigenvalue weighted by molar-refractivity contribution is 5.68. The second-order valence-corrected chi connectivity index (χ2v) is 12.5. The van der Waals surface area contributed by atoms with Crippen molar-refractivity contribution in [1.29, 1.82) is 0 Å². The molecule has 1 heterocycles. The molecule has 2 nitrogen and oxygen atoms in total. The van der Waals surface area contributed by atoms with E-state index in [9.17, 15) is 0 Å². The highest BCUT2D eigenvalue weighted by Crippen LogP contribution is 2.68. The van der Waals surface area contributed by atoms with E-state index >= 15 is 0 Å². The Morgan fingerprint density at radius 3 is 2.62 bits per heavy atom. The van der Waals surface area contributed by atoms with Gasteiger partial charge in [0.1, 0.15) is 6.10 Å². The van der Waals surface area contributed by atoms with Crippen molar-refractivity contribution < 1.29 is 4.84 Å². The van der Waals surface area contributed by atoms with Crippen LogP contribution in [0.5, 0.6) is 0 Å². The molecule has 1 aliphatic heterocycles. The summed E-state index contributed by atoms with van der Waals surface area (Å²) in [5, 5.41) is 4.50. The first-order chi connectivity index (χ1) is 13.9. The van der Waals surface area contributed by atoms with Crippen LogP contribution in [0.3, 0.4) is 0 Å². The second kappa shape index (κ2) is 7.56. The van der Waals surface area contributed by atoms with E-state index in [0.29, 0.717) is 16.9 Å². The van der Waals surface area contributed by atoms with Gasteiger partial charge in [0.15, 0.2) is 0 Å². The lowest BCUT2D eigenvalue weighted by Crippen LogP contribution is -2.57. The summed E-state index contributed by atoms with van der Waals surface area (Å²) >= 11 is 0. The quantitative estimate of drug-likeness (QED) is 0.470. The topological polar surface area (TPSA) is 21.6 Å². The molecule has 0 aromatic carbocycles. The van der Waals surface area contributed by atoms with Gasteiger partial charge in [-0.15, -0.1) is 0 Å². The number of fused-ring (bicyclic) bond motifs is 4. The van der Waals surface area contributed by atoms with Crippen LogP contribution >= 0.6 is 0 Å². The fraction of sp³-hybridized carbons (Fsp3) is 0.963. The van der Waals surface area contributed by atoms with Gasteiger partial charge in [0.2, 0.25) is 0 Å². The summed E-state index contributed by atoms with van der Waals surface area (Å²) in [6.07, 6.45) is 19.9. The van der Waals surface area contributed by atoms with E-state index in [1.165, 1.54) is 77.0 Å². The molecular weight excluding hydrogens is 354 g/mol. The number of oxime groups is 1. The van der Waals surface area contributed by atoms with Crippen molar-refractivity contribution in [1.82, 2.24) is 0 Å². The zero-order valence-corrected chi connectivity index (χ0v) is 19.5. The number of hydrogen-bond donors (Lipinski definition) is 0. The lowest BCUT2D eigenvalue weighted by atomic mass is 9.44. The molecule has 0 amide bonds. The molecule has 5 rings (SSSR count). The summed E-state index contributed by atoms with van der Waals surface area (Å²) in [5.41, 5.74) is 1.00. The summed E-state index contributed by atoms with van der Waals surface area (Å²) in [6, 6.07) is 0. The first kappa shape index (κ1) is 20.4. The molecule has 2 bridgehead atoms. The Kier molecular flexibility index (Phi) is 5.31. The summed E-state index contributed by atoms with van der Waals surface area (Å²) in [4.78, 5) is 5.75. The van der Waals surface area contributed by atoms with Crippen LogP contribution in [-0.4, -0.2) is 12.3 Å². The van der Waals surface area contributed by atoms with Crippen LogP contribution in [-0.2, 0) is 4.84 Å². The summed E-state index contributed by atoms with van der Waals surface area (Å²) in [6.45, 7) is 10.1. The first-order valence-electron chi connectivity index (χ1n) is 13.1. The molecule has 164 valence electrons. The average Bonchev–Trinajstić information content (AvgIpc) is 3.04. The van der Waals surface area contributed by atoms with Crippen molar-refractivity contribution in [2.24, 2.45) is 57.4 Å². The first-order valence-corrected chi connectivity index (χ1v) is 13.1. The monoisotopic (exact) mass is 399 g/mol. The molecule has 4 aliphatic carbocycles. The third-order valence-corrected chi connectivity index (χ3v) is 10.9. The molecule has 0 saturated heterocycles. The Balaban J connectivity index is 1.33. The van der Waals surface area contributed by atoms with E-state index in [1.54, 1.807) is 0 Å². The molecule has 0 aromatic rings. The minimum atomic E-state index is 0.395. The lowest BCUT2D eigenvalue weighted by Gasteiger charge is -2.61. The number of rotatable bonds is 5.